The van der Waals surface area contributed by atoms with Crippen molar-refractivity contribution < 1.29 is 20.4 Å². The highest BCUT2D eigenvalue weighted by molar-refractivity contribution is 5.06. The average molecular weight is 336 g/mol. The van der Waals surface area contributed by atoms with Crippen LogP contribution in [-0.4, -0.2) is 44.8 Å². The SMILES string of the molecule is OC1C[C@@H]2C[C@H]1C1CC[C@H](O)C12.OC1C[C@H]2C[C@@H]1C1C2CC[C@@H]1O. The molecule has 12 atom stereocenters. The van der Waals surface area contributed by atoms with Gasteiger partial charge in [-0.1, -0.05) is 0 Å². The topological polar surface area (TPSA) is 80.9 Å². The van der Waals surface area contributed by atoms with Crippen molar-refractivity contribution in [3.8, 4) is 0 Å². The molecule has 6 saturated carbocycles. The van der Waals surface area contributed by atoms with Crippen molar-refractivity contribution in [2.75, 3.05) is 0 Å². The van der Waals surface area contributed by atoms with E-state index in [9.17, 15) is 20.4 Å². The normalized spacial score (nSPS) is 62.5. The summed E-state index contributed by atoms with van der Waals surface area (Å²) in [5.41, 5.74) is 0. The molecule has 0 radical (unpaired) electrons. The second-order valence-electron chi connectivity index (χ2n) is 9.70. The Bertz CT molecular complexity index is 496. The second-order valence-corrected chi connectivity index (χ2v) is 9.70. The first-order valence-electron chi connectivity index (χ1n) is 10.3. The third-order valence-electron chi connectivity index (χ3n) is 8.89. The predicted molar refractivity (Wildman–Crippen MR) is 88.9 cm³/mol. The molecule has 6 aliphatic rings. The standard InChI is InChI=1S/2C10H16O2/c11-8-2-1-6-7-3-5(10(6)8)4-9(7)12;11-8-2-1-6-5-3-7(10(6)8)9(12)4-5/h2*5-12H,1-4H2/t5-,6?,7-,8-,9?,10?;5-,6?,7+,8+,9?,10?/m01/s1. The maximum absolute atomic E-state index is 9.73. The molecule has 0 heterocycles. The van der Waals surface area contributed by atoms with Crippen LogP contribution in [0.2, 0.25) is 0 Å². The molecule has 6 rings (SSSR count). The Labute approximate surface area is 144 Å². The van der Waals surface area contributed by atoms with Crippen molar-refractivity contribution in [3.05, 3.63) is 0 Å². The Hall–Kier alpha value is -0.160. The Morgan fingerprint density at radius 2 is 1.00 bits per heavy atom. The molecule has 0 aromatic carbocycles. The van der Waals surface area contributed by atoms with Gasteiger partial charge in [-0.05, 0) is 98.7 Å². The Morgan fingerprint density at radius 1 is 0.417 bits per heavy atom. The molecular weight excluding hydrogens is 304 g/mol. The summed E-state index contributed by atoms with van der Waals surface area (Å²) in [7, 11) is 0. The fourth-order valence-electron chi connectivity index (χ4n) is 8.10. The molecule has 0 aromatic heterocycles. The summed E-state index contributed by atoms with van der Waals surface area (Å²) in [6.07, 6.45) is 8.40. The van der Waals surface area contributed by atoms with Crippen LogP contribution in [0.4, 0.5) is 0 Å². The van der Waals surface area contributed by atoms with Gasteiger partial charge in [0.1, 0.15) is 0 Å². The van der Waals surface area contributed by atoms with Gasteiger partial charge in [0, 0.05) is 0 Å². The van der Waals surface area contributed by atoms with Crippen LogP contribution < -0.4 is 0 Å². The van der Waals surface area contributed by atoms with E-state index in [-0.39, 0.29) is 24.4 Å². The van der Waals surface area contributed by atoms with Crippen molar-refractivity contribution >= 4 is 0 Å². The van der Waals surface area contributed by atoms with Gasteiger partial charge >= 0.3 is 0 Å². The Kier molecular flexibility index (Phi) is 3.79. The van der Waals surface area contributed by atoms with Crippen molar-refractivity contribution in [2.45, 2.75) is 75.8 Å². The monoisotopic (exact) mass is 336 g/mol. The molecule has 0 aliphatic heterocycles. The number of aliphatic hydroxyl groups is 4. The number of hydrogen-bond donors (Lipinski definition) is 4. The predicted octanol–water partition coefficient (Wildman–Crippen LogP) is 1.55. The molecule has 0 amide bonds. The minimum atomic E-state index is -0.0973. The molecule has 6 unspecified atom stereocenters. The van der Waals surface area contributed by atoms with Crippen LogP contribution in [0, 0.1) is 47.3 Å². The molecule has 4 heteroatoms. The highest BCUT2D eigenvalue weighted by Crippen LogP contribution is 2.59. The first-order chi connectivity index (χ1) is 11.5. The first kappa shape index (κ1) is 16.0. The van der Waals surface area contributed by atoms with Crippen LogP contribution in [0.15, 0.2) is 0 Å². The maximum Gasteiger partial charge on any atom is 0.0575 e. The number of fused-ring (bicyclic) bond motifs is 10. The third kappa shape index (κ3) is 2.19. The van der Waals surface area contributed by atoms with Gasteiger partial charge in [-0.15, -0.1) is 0 Å². The van der Waals surface area contributed by atoms with Gasteiger partial charge in [-0.3, -0.25) is 0 Å². The molecule has 0 aromatic rings. The van der Waals surface area contributed by atoms with E-state index in [1.165, 1.54) is 19.3 Å². The van der Waals surface area contributed by atoms with Crippen LogP contribution >= 0.6 is 0 Å². The smallest absolute Gasteiger partial charge is 0.0575 e. The summed E-state index contributed by atoms with van der Waals surface area (Å²) < 4.78 is 0. The summed E-state index contributed by atoms with van der Waals surface area (Å²) in [4.78, 5) is 0. The van der Waals surface area contributed by atoms with Gasteiger partial charge in [-0.25, -0.2) is 0 Å². The van der Waals surface area contributed by atoms with E-state index < -0.39 is 0 Å². The Morgan fingerprint density at radius 3 is 1.79 bits per heavy atom. The number of hydrogen-bond acceptors (Lipinski definition) is 4. The lowest BCUT2D eigenvalue weighted by Crippen LogP contribution is -2.33. The van der Waals surface area contributed by atoms with Gasteiger partial charge in [0.2, 0.25) is 0 Å². The van der Waals surface area contributed by atoms with Gasteiger partial charge in [0.25, 0.3) is 0 Å². The summed E-state index contributed by atoms with van der Waals surface area (Å²) in [5.74, 6) is 4.80. The average Bonchev–Trinajstić information content (AvgIpc) is 3.30. The molecule has 0 saturated heterocycles. The molecule has 0 spiro atoms. The second kappa shape index (κ2) is 5.67. The maximum atomic E-state index is 9.73. The minimum Gasteiger partial charge on any atom is -0.393 e. The lowest BCUT2D eigenvalue weighted by atomic mass is 9.79. The van der Waals surface area contributed by atoms with Gasteiger partial charge < -0.3 is 20.4 Å². The lowest BCUT2D eigenvalue weighted by Gasteiger charge is -2.30. The molecular formula is C20H32O4. The molecule has 136 valence electrons. The number of rotatable bonds is 0. The van der Waals surface area contributed by atoms with Crippen LogP contribution in [0.1, 0.15) is 51.4 Å². The van der Waals surface area contributed by atoms with E-state index in [4.69, 9.17) is 0 Å². The quantitative estimate of drug-likeness (QED) is 0.541. The van der Waals surface area contributed by atoms with Crippen molar-refractivity contribution in [3.63, 3.8) is 0 Å². The fourth-order valence-corrected chi connectivity index (χ4v) is 8.10. The Balaban J connectivity index is 0.000000109. The van der Waals surface area contributed by atoms with Gasteiger partial charge in [0.05, 0.1) is 24.4 Å². The fraction of sp³-hybridized carbons (Fsp3) is 1.00. The molecule has 6 aliphatic carbocycles. The van der Waals surface area contributed by atoms with E-state index in [1.807, 2.05) is 0 Å². The van der Waals surface area contributed by atoms with Crippen molar-refractivity contribution in [1.82, 2.24) is 0 Å². The zero-order valence-corrected chi connectivity index (χ0v) is 14.4. The number of aliphatic hydroxyl groups excluding tert-OH is 4. The molecule has 4 bridgehead atoms. The van der Waals surface area contributed by atoms with E-state index in [0.29, 0.717) is 35.5 Å². The highest BCUT2D eigenvalue weighted by Gasteiger charge is 2.57. The summed E-state index contributed by atoms with van der Waals surface area (Å²) in [6.45, 7) is 0. The summed E-state index contributed by atoms with van der Waals surface area (Å²) >= 11 is 0. The largest absolute Gasteiger partial charge is 0.393 e. The highest BCUT2D eigenvalue weighted by atomic mass is 16.3. The third-order valence-corrected chi connectivity index (χ3v) is 8.89. The minimum absolute atomic E-state index is 0.0402. The van der Waals surface area contributed by atoms with Gasteiger partial charge in [0.15, 0.2) is 0 Å². The van der Waals surface area contributed by atoms with Gasteiger partial charge in [-0.2, -0.15) is 0 Å². The van der Waals surface area contributed by atoms with Crippen LogP contribution in [0.25, 0.3) is 0 Å². The summed E-state index contributed by atoms with van der Waals surface area (Å²) in [5, 5.41) is 38.8. The lowest BCUT2D eigenvalue weighted by molar-refractivity contribution is 0.0142. The van der Waals surface area contributed by atoms with E-state index >= 15 is 0 Å². The van der Waals surface area contributed by atoms with Crippen LogP contribution in [-0.2, 0) is 0 Å². The zero-order valence-electron chi connectivity index (χ0n) is 14.4. The van der Waals surface area contributed by atoms with Crippen molar-refractivity contribution in [2.24, 2.45) is 47.3 Å². The van der Waals surface area contributed by atoms with Crippen LogP contribution in [0.3, 0.4) is 0 Å². The molecule has 4 N–H and O–H groups in total. The van der Waals surface area contributed by atoms with Crippen LogP contribution in [0.5, 0.6) is 0 Å². The van der Waals surface area contributed by atoms with Crippen molar-refractivity contribution in [1.29, 1.82) is 0 Å². The summed E-state index contributed by atoms with van der Waals surface area (Å²) in [6, 6.07) is 0. The van der Waals surface area contributed by atoms with E-state index in [1.54, 1.807) is 0 Å². The van der Waals surface area contributed by atoms with E-state index in [2.05, 4.69) is 0 Å². The molecule has 4 nitrogen and oxygen atoms in total. The molecule has 24 heavy (non-hydrogen) atoms. The van der Waals surface area contributed by atoms with E-state index in [0.717, 1.165) is 43.9 Å². The molecule has 6 fully saturated rings. The zero-order chi connectivity index (χ0) is 16.6. The first-order valence-corrected chi connectivity index (χ1v) is 10.3.